The van der Waals surface area contributed by atoms with Crippen molar-refractivity contribution in [3.05, 3.63) is 112 Å². The molecule has 1 aromatic heterocycles. The number of halogens is 3. The fraction of sp³-hybridized carbons (Fsp3) is 0.281. The molecular formula is C32H32F3NO3S. The summed E-state index contributed by atoms with van der Waals surface area (Å²) in [6.45, 7) is 8.95. The Bertz CT molecular complexity index is 1440. The van der Waals surface area contributed by atoms with Crippen LogP contribution in [0.1, 0.15) is 46.3 Å². The third kappa shape index (κ3) is 7.79. The highest BCUT2D eigenvalue weighted by Crippen LogP contribution is 2.35. The van der Waals surface area contributed by atoms with Crippen LogP contribution < -0.4 is 0 Å². The van der Waals surface area contributed by atoms with E-state index in [2.05, 4.69) is 12.1 Å². The van der Waals surface area contributed by atoms with Crippen molar-refractivity contribution in [2.24, 2.45) is 0 Å². The van der Waals surface area contributed by atoms with Gasteiger partial charge >= 0.3 is 12.1 Å². The van der Waals surface area contributed by atoms with E-state index < -0.39 is 11.9 Å². The summed E-state index contributed by atoms with van der Waals surface area (Å²) >= 11 is 1.52. The molecule has 3 aromatic carbocycles. The van der Waals surface area contributed by atoms with Gasteiger partial charge in [-0.3, -0.25) is 4.79 Å². The number of carbonyl (C=O) groups excluding carboxylic acids is 1. The molecule has 0 N–H and O–H groups in total. The van der Waals surface area contributed by atoms with Crippen molar-refractivity contribution in [2.45, 2.75) is 58.3 Å². The summed E-state index contributed by atoms with van der Waals surface area (Å²) < 4.78 is 51.6. The Morgan fingerprint density at radius 2 is 1.57 bits per heavy atom. The molecule has 0 aliphatic rings. The molecule has 0 amide bonds. The number of carbonyl (C=O) groups is 1. The van der Waals surface area contributed by atoms with E-state index in [1.165, 1.54) is 18.0 Å². The molecule has 0 saturated heterocycles. The third-order valence-electron chi connectivity index (χ3n) is 6.33. The minimum Gasteiger partial charge on any atom is -0.466 e. The van der Waals surface area contributed by atoms with Gasteiger partial charge in [-0.05, 0) is 85.2 Å². The van der Waals surface area contributed by atoms with Crippen LogP contribution in [0.2, 0.25) is 0 Å². The van der Waals surface area contributed by atoms with E-state index in [1.807, 2.05) is 73.6 Å². The Hall–Kier alpha value is -3.49. The maximum absolute atomic E-state index is 13.1. The average molecular weight is 568 g/mol. The molecule has 4 nitrogen and oxygen atoms in total. The van der Waals surface area contributed by atoms with E-state index in [1.54, 1.807) is 6.92 Å². The lowest BCUT2D eigenvalue weighted by Crippen LogP contribution is -2.15. The number of esters is 1. The number of benzene rings is 3. The fourth-order valence-electron chi connectivity index (χ4n) is 4.60. The summed E-state index contributed by atoms with van der Waals surface area (Å²) in [5.74, 6) is -1.01. The Morgan fingerprint density at radius 3 is 2.20 bits per heavy atom. The van der Waals surface area contributed by atoms with Crippen LogP contribution in [0, 0.1) is 20.8 Å². The van der Waals surface area contributed by atoms with Gasteiger partial charge < -0.3 is 9.15 Å². The SMILES string of the molecule is CCOC(=O)Cc1cccc(-c2ccc(CN(Cc3ccc(C(F)(F)F)o3)Sc3c(C)cc(C)cc3C)cc2)c1. The average Bonchev–Trinajstić information content (AvgIpc) is 3.36. The zero-order valence-electron chi connectivity index (χ0n) is 23.0. The van der Waals surface area contributed by atoms with Crippen molar-refractivity contribution in [2.75, 3.05) is 6.61 Å². The Labute approximate surface area is 237 Å². The number of furan rings is 1. The fourth-order valence-corrected chi connectivity index (χ4v) is 5.66. The summed E-state index contributed by atoms with van der Waals surface area (Å²) in [5, 5.41) is 0. The van der Waals surface area contributed by atoms with Crippen LogP contribution in [0.3, 0.4) is 0 Å². The van der Waals surface area contributed by atoms with Crippen LogP contribution in [-0.2, 0) is 35.2 Å². The summed E-state index contributed by atoms with van der Waals surface area (Å²) in [7, 11) is 0. The third-order valence-corrected chi connectivity index (χ3v) is 7.67. The van der Waals surface area contributed by atoms with Crippen molar-refractivity contribution < 1.29 is 27.1 Å². The van der Waals surface area contributed by atoms with E-state index in [0.29, 0.717) is 13.2 Å². The second kappa shape index (κ2) is 12.8. The van der Waals surface area contributed by atoms with Gasteiger partial charge in [0.25, 0.3) is 0 Å². The molecule has 0 aliphatic heterocycles. The number of ether oxygens (including phenoxy) is 1. The van der Waals surface area contributed by atoms with Crippen molar-refractivity contribution in [3.63, 3.8) is 0 Å². The van der Waals surface area contributed by atoms with Crippen molar-refractivity contribution in [3.8, 4) is 11.1 Å². The van der Waals surface area contributed by atoms with Crippen LogP contribution >= 0.6 is 11.9 Å². The highest BCUT2D eigenvalue weighted by Gasteiger charge is 2.35. The smallest absolute Gasteiger partial charge is 0.449 e. The van der Waals surface area contributed by atoms with E-state index >= 15 is 0 Å². The largest absolute Gasteiger partial charge is 0.466 e. The van der Waals surface area contributed by atoms with Gasteiger partial charge in [0.2, 0.25) is 5.76 Å². The highest BCUT2D eigenvalue weighted by molar-refractivity contribution is 7.97. The normalized spacial score (nSPS) is 11.7. The maximum atomic E-state index is 13.1. The van der Waals surface area contributed by atoms with Gasteiger partial charge in [-0.25, -0.2) is 4.31 Å². The molecule has 0 fully saturated rings. The first-order valence-electron chi connectivity index (χ1n) is 13.0. The lowest BCUT2D eigenvalue weighted by atomic mass is 10.0. The molecule has 0 atom stereocenters. The predicted molar refractivity (Wildman–Crippen MR) is 152 cm³/mol. The topological polar surface area (TPSA) is 42.7 Å². The number of hydrogen-bond donors (Lipinski definition) is 0. The summed E-state index contributed by atoms with van der Waals surface area (Å²) in [4.78, 5) is 13.0. The predicted octanol–water partition coefficient (Wildman–Crippen LogP) is 8.71. The molecular weight excluding hydrogens is 535 g/mol. The zero-order chi connectivity index (χ0) is 28.9. The second-order valence-corrected chi connectivity index (χ2v) is 10.9. The Kier molecular flexibility index (Phi) is 9.43. The van der Waals surface area contributed by atoms with Gasteiger partial charge in [0.05, 0.1) is 19.6 Å². The molecule has 0 radical (unpaired) electrons. The first kappa shape index (κ1) is 29.5. The monoisotopic (exact) mass is 567 g/mol. The molecule has 0 spiro atoms. The molecule has 40 heavy (non-hydrogen) atoms. The molecule has 210 valence electrons. The van der Waals surface area contributed by atoms with Crippen LogP contribution in [0.5, 0.6) is 0 Å². The summed E-state index contributed by atoms with van der Waals surface area (Å²) in [6.07, 6.45) is -4.31. The van der Waals surface area contributed by atoms with Crippen molar-refractivity contribution >= 4 is 17.9 Å². The van der Waals surface area contributed by atoms with Gasteiger partial charge in [-0.2, -0.15) is 13.2 Å². The van der Waals surface area contributed by atoms with Crippen LogP contribution in [0.15, 0.2) is 82.1 Å². The quantitative estimate of drug-likeness (QED) is 0.142. The molecule has 1 heterocycles. The lowest BCUT2D eigenvalue weighted by Gasteiger charge is -2.23. The van der Waals surface area contributed by atoms with E-state index in [4.69, 9.17) is 9.15 Å². The molecule has 0 saturated carbocycles. The highest BCUT2D eigenvalue weighted by atomic mass is 32.2. The number of rotatable bonds is 10. The van der Waals surface area contributed by atoms with Gasteiger partial charge in [0, 0.05) is 11.4 Å². The van der Waals surface area contributed by atoms with Crippen molar-refractivity contribution in [1.82, 2.24) is 4.31 Å². The Morgan fingerprint density at radius 1 is 0.875 bits per heavy atom. The van der Waals surface area contributed by atoms with E-state index in [-0.39, 0.29) is 24.7 Å². The number of nitrogens with zero attached hydrogens (tertiary/aromatic N) is 1. The lowest BCUT2D eigenvalue weighted by molar-refractivity contribution is -0.153. The molecule has 8 heteroatoms. The number of hydrogen-bond acceptors (Lipinski definition) is 5. The van der Waals surface area contributed by atoms with Crippen LogP contribution in [0.4, 0.5) is 13.2 Å². The van der Waals surface area contributed by atoms with Gasteiger partial charge in [-0.1, -0.05) is 66.2 Å². The standard InChI is InChI=1S/C32H32F3NO3S/c1-5-38-30(37)18-25-7-6-8-27(17-25)26-11-9-24(10-12-26)19-36(20-28-13-14-29(39-28)32(33,34)35)40-31-22(3)15-21(2)16-23(31)4/h6-17H,5,18-20H2,1-4H3. The molecule has 0 unspecified atom stereocenters. The van der Waals surface area contributed by atoms with E-state index in [9.17, 15) is 18.0 Å². The van der Waals surface area contributed by atoms with Crippen molar-refractivity contribution in [1.29, 1.82) is 0 Å². The minimum absolute atomic E-state index is 0.200. The minimum atomic E-state index is -4.52. The van der Waals surface area contributed by atoms with Gasteiger partial charge in [0.15, 0.2) is 0 Å². The first-order chi connectivity index (χ1) is 19.0. The first-order valence-corrected chi connectivity index (χ1v) is 13.8. The summed E-state index contributed by atoms with van der Waals surface area (Å²) in [5.41, 5.74) is 7.25. The molecule has 0 bridgehead atoms. The zero-order valence-corrected chi connectivity index (χ0v) is 23.8. The van der Waals surface area contributed by atoms with Gasteiger partial charge in [0.1, 0.15) is 5.76 Å². The maximum Gasteiger partial charge on any atom is 0.449 e. The Balaban J connectivity index is 1.55. The number of alkyl halides is 3. The van der Waals surface area contributed by atoms with Crippen LogP contribution in [0.25, 0.3) is 11.1 Å². The number of aryl methyl sites for hydroxylation is 3. The summed E-state index contributed by atoms with van der Waals surface area (Å²) in [6, 6.07) is 22.4. The van der Waals surface area contributed by atoms with E-state index in [0.717, 1.165) is 49.9 Å². The second-order valence-electron chi connectivity index (χ2n) is 9.76. The molecule has 0 aliphatic carbocycles. The van der Waals surface area contributed by atoms with Crippen LogP contribution in [-0.4, -0.2) is 16.9 Å². The van der Waals surface area contributed by atoms with Gasteiger partial charge in [-0.15, -0.1) is 0 Å². The molecule has 4 aromatic rings. The molecule has 4 rings (SSSR count).